The van der Waals surface area contributed by atoms with Gasteiger partial charge in [-0.3, -0.25) is 9.69 Å². The van der Waals surface area contributed by atoms with Gasteiger partial charge in [-0.15, -0.1) is 11.3 Å². The SMILES string of the molecule is COC1CCN(CC(=O)Nc2sccc2C#N)C(CN)C1. The number of nitrogens with one attached hydrogen (secondary N) is 1. The molecular formula is C14H20N4O2S. The average molecular weight is 308 g/mol. The van der Waals surface area contributed by atoms with Crippen molar-refractivity contribution in [3.8, 4) is 6.07 Å². The summed E-state index contributed by atoms with van der Waals surface area (Å²) < 4.78 is 5.37. The molecule has 6 nitrogen and oxygen atoms in total. The summed E-state index contributed by atoms with van der Waals surface area (Å²) in [4.78, 5) is 14.2. The third kappa shape index (κ3) is 4.02. The van der Waals surface area contributed by atoms with Crippen molar-refractivity contribution in [2.45, 2.75) is 25.0 Å². The maximum Gasteiger partial charge on any atom is 0.239 e. The summed E-state index contributed by atoms with van der Waals surface area (Å²) >= 11 is 1.36. The molecule has 2 unspecified atom stereocenters. The summed E-state index contributed by atoms with van der Waals surface area (Å²) in [6.45, 7) is 1.60. The third-order valence-corrected chi connectivity index (χ3v) is 4.61. The van der Waals surface area contributed by atoms with Gasteiger partial charge in [-0.2, -0.15) is 5.26 Å². The minimum Gasteiger partial charge on any atom is -0.381 e. The monoisotopic (exact) mass is 308 g/mol. The molecule has 1 amide bonds. The van der Waals surface area contributed by atoms with Crippen LogP contribution in [-0.4, -0.2) is 49.7 Å². The number of rotatable bonds is 5. The van der Waals surface area contributed by atoms with Crippen LogP contribution in [0.1, 0.15) is 18.4 Å². The van der Waals surface area contributed by atoms with E-state index in [4.69, 9.17) is 15.7 Å². The number of nitriles is 1. The number of nitrogens with two attached hydrogens (primary N) is 1. The number of hydrogen-bond acceptors (Lipinski definition) is 6. The zero-order valence-electron chi connectivity index (χ0n) is 12.0. The van der Waals surface area contributed by atoms with E-state index in [1.54, 1.807) is 18.6 Å². The van der Waals surface area contributed by atoms with Crippen molar-refractivity contribution in [3.05, 3.63) is 17.0 Å². The van der Waals surface area contributed by atoms with Crippen LogP contribution >= 0.6 is 11.3 Å². The molecule has 21 heavy (non-hydrogen) atoms. The molecule has 1 aliphatic rings. The lowest BCUT2D eigenvalue weighted by atomic mass is 9.99. The van der Waals surface area contributed by atoms with Crippen LogP contribution in [0.4, 0.5) is 5.00 Å². The van der Waals surface area contributed by atoms with E-state index in [9.17, 15) is 4.79 Å². The molecule has 7 heteroatoms. The first-order valence-electron chi connectivity index (χ1n) is 6.92. The van der Waals surface area contributed by atoms with Gasteiger partial charge < -0.3 is 15.8 Å². The fourth-order valence-electron chi connectivity index (χ4n) is 2.58. The Hall–Kier alpha value is -1.46. The molecule has 2 heterocycles. The molecule has 114 valence electrons. The second-order valence-corrected chi connectivity index (χ2v) is 5.98. The van der Waals surface area contributed by atoms with E-state index in [-0.39, 0.29) is 18.1 Å². The highest BCUT2D eigenvalue weighted by Crippen LogP contribution is 2.23. The van der Waals surface area contributed by atoms with Gasteiger partial charge in [-0.1, -0.05) is 0 Å². The Kier molecular flexibility index (Phi) is 5.70. The summed E-state index contributed by atoms with van der Waals surface area (Å²) in [7, 11) is 1.71. The molecule has 0 bridgehead atoms. The number of carbonyl (C=O) groups excluding carboxylic acids is 1. The topological polar surface area (TPSA) is 91.4 Å². The van der Waals surface area contributed by atoms with Gasteiger partial charge in [0.15, 0.2) is 0 Å². The van der Waals surface area contributed by atoms with E-state index in [0.29, 0.717) is 23.7 Å². The lowest BCUT2D eigenvalue weighted by Gasteiger charge is -2.37. The van der Waals surface area contributed by atoms with Crippen molar-refractivity contribution in [1.82, 2.24) is 4.90 Å². The highest BCUT2D eigenvalue weighted by atomic mass is 32.1. The maximum atomic E-state index is 12.1. The fraction of sp³-hybridized carbons (Fsp3) is 0.571. The van der Waals surface area contributed by atoms with E-state index < -0.39 is 0 Å². The van der Waals surface area contributed by atoms with Crippen LogP contribution in [0.15, 0.2) is 11.4 Å². The number of likely N-dealkylation sites (tertiary alicyclic amines) is 1. The standard InChI is InChI=1S/C14H20N4O2S/c1-20-12-2-4-18(11(6-12)8-16)9-13(19)17-14-10(7-15)3-5-21-14/h3,5,11-12H,2,4,6,8-9,16H2,1H3,(H,17,19). The van der Waals surface area contributed by atoms with E-state index in [2.05, 4.69) is 16.3 Å². The molecule has 0 radical (unpaired) electrons. The quantitative estimate of drug-likeness (QED) is 0.846. The Morgan fingerprint density at radius 3 is 3.19 bits per heavy atom. The van der Waals surface area contributed by atoms with Crippen LogP contribution in [0.3, 0.4) is 0 Å². The Labute approximate surface area is 128 Å². The molecule has 2 atom stereocenters. The van der Waals surface area contributed by atoms with Gasteiger partial charge in [0, 0.05) is 26.2 Å². The first-order valence-corrected chi connectivity index (χ1v) is 7.80. The highest BCUT2D eigenvalue weighted by Gasteiger charge is 2.28. The number of amides is 1. The minimum absolute atomic E-state index is 0.108. The number of carbonyl (C=O) groups is 1. The van der Waals surface area contributed by atoms with Gasteiger partial charge in [0.05, 0.1) is 18.2 Å². The predicted octanol–water partition coefficient (Wildman–Crippen LogP) is 0.996. The van der Waals surface area contributed by atoms with Crippen LogP contribution in [0.5, 0.6) is 0 Å². The number of thiophene rings is 1. The van der Waals surface area contributed by atoms with Crippen LogP contribution in [-0.2, 0) is 9.53 Å². The van der Waals surface area contributed by atoms with E-state index >= 15 is 0 Å². The van der Waals surface area contributed by atoms with Gasteiger partial charge in [0.2, 0.25) is 5.91 Å². The van der Waals surface area contributed by atoms with Crippen molar-refractivity contribution < 1.29 is 9.53 Å². The first kappa shape index (κ1) is 15.9. The minimum atomic E-state index is -0.108. The number of methoxy groups -OCH3 is 1. The Balaban J connectivity index is 1.91. The van der Waals surface area contributed by atoms with E-state index in [1.165, 1.54) is 11.3 Å². The smallest absolute Gasteiger partial charge is 0.239 e. The van der Waals surface area contributed by atoms with Crippen molar-refractivity contribution in [2.75, 3.05) is 32.1 Å². The molecule has 2 rings (SSSR count). The zero-order valence-corrected chi connectivity index (χ0v) is 12.9. The fourth-order valence-corrected chi connectivity index (χ4v) is 3.33. The molecule has 1 aromatic rings. The number of nitrogens with zero attached hydrogens (tertiary/aromatic N) is 2. The van der Waals surface area contributed by atoms with Crippen LogP contribution < -0.4 is 11.1 Å². The number of hydrogen-bond donors (Lipinski definition) is 2. The normalized spacial score (nSPS) is 22.7. The van der Waals surface area contributed by atoms with E-state index in [0.717, 1.165) is 19.4 Å². The molecule has 1 aliphatic heterocycles. The van der Waals surface area contributed by atoms with Gasteiger partial charge in [0.1, 0.15) is 11.1 Å². The second kappa shape index (κ2) is 7.52. The van der Waals surface area contributed by atoms with Crippen molar-refractivity contribution in [2.24, 2.45) is 5.73 Å². The van der Waals surface area contributed by atoms with Crippen LogP contribution in [0, 0.1) is 11.3 Å². The van der Waals surface area contributed by atoms with Crippen LogP contribution in [0.25, 0.3) is 0 Å². The molecule has 0 aromatic carbocycles. The van der Waals surface area contributed by atoms with Gasteiger partial charge in [-0.05, 0) is 24.3 Å². The predicted molar refractivity (Wildman–Crippen MR) is 82.1 cm³/mol. The third-order valence-electron chi connectivity index (χ3n) is 3.78. The lowest BCUT2D eigenvalue weighted by Crippen LogP contribution is -2.50. The van der Waals surface area contributed by atoms with Crippen LogP contribution in [0.2, 0.25) is 0 Å². The summed E-state index contributed by atoms with van der Waals surface area (Å²) in [5.74, 6) is -0.108. The number of anilines is 1. The summed E-state index contributed by atoms with van der Waals surface area (Å²) in [5.41, 5.74) is 6.30. The highest BCUT2D eigenvalue weighted by molar-refractivity contribution is 7.14. The summed E-state index contributed by atoms with van der Waals surface area (Å²) in [5, 5.41) is 14.1. The average Bonchev–Trinajstić information content (AvgIpc) is 2.94. The Bertz CT molecular complexity index is 525. The van der Waals surface area contributed by atoms with Crippen molar-refractivity contribution >= 4 is 22.2 Å². The largest absolute Gasteiger partial charge is 0.381 e. The molecule has 0 saturated carbocycles. The molecule has 0 aliphatic carbocycles. The number of ether oxygens (including phenoxy) is 1. The van der Waals surface area contributed by atoms with Crippen molar-refractivity contribution in [1.29, 1.82) is 5.26 Å². The molecule has 0 spiro atoms. The molecule has 1 aromatic heterocycles. The van der Waals surface area contributed by atoms with E-state index in [1.807, 2.05) is 0 Å². The van der Waals surface area contributed by atoms with Gasteiger partial charge in [0.25, 0.3) is 0 Å². The van der Waals surface area contributed by atoms with Gasteiger partial charge >= 0.3 is 0 Å². The molecule has 3 N–H and O–H groups in total. The molecular weight excluding hydrogens is 288 g/mol. The molecule has 1 fully saturated rings. The molecule has 1 saturated heterocycles. The zero-order chi connectivity index (χ0) is 15.2. The van der Waals surface area contributed by atoms with Gasteiger partial charge in [-0.25, -0.2) is 0 Å². The van der Waals surface area contributed by atoms with Crippen molar-refractivity contribution in [3.63, 3.8) is 0 Å². The number of piperidine rings is 1. The second-order valence-electron chi connectivity index (χ2n) is 5.07. The summed E-state index contributed by atoms with van der Waals surface area (Å²) in [6.07, 6.45) is 1.98. The maximum absolute atomic E-state index is 12.1. The Morgan fingerprint density at radius 2 is 2.52 bits per heavy atom. The first-order chi connectivity index (χ1) is 10.2. The lowest BCUT2D eigenvalue weighted by molar-refractivity contribution is -0.118. The Morgan fingerprint density at radius 1 is 1.71 bits per heavy atom. The summed E-state index contributed by atoms with van der Waals surface area (Å²) in [6, 6.07) is 3.93.